The average molecular weight is 219 g/mol. The molecule has 0 aromatic heterocycles. The molecule has 1 atom stereocenters. The van der Waals surface area contributed by atoms with Crippen LogP contribution in [0.2, 0.25) is 0 Å². The number of hydrogen-bond acceptors (Lipinski definition) is 1. The zero-order valence-corrected chi connectivity index (χ0v) is 10.7. The minimum Gasteiger partial charge on any atom is -0.322 e. The Hall–Kier alpha value is -0.300. The van der Waals surface area contributed by atoms with E-state index in [1.165, 1.54) is 37.7 Å². The highest BCUT2D eigenvalue weighted by atomic mass is 14.8. The number of hydrogen-bond donors (Lipinski definition) is 1. The van der Waals surface area contributed by atoms with Crippen molar-refractivity contribution in [2.75, 3.05) is 0 Å². The van der Waals surface area contributed by atoms with Gasteiger partial charge in [0.05, 0.1) is 0 Å². The van der Waals surface area contributed by atoms with E-state index >= 15 is 0 Å². The predicted octanol–water partition coefficient (Wildman–Crippen LogP) is 3.35. The lowest BCUT2D eigenvalue weighted by atomic mass is 9.48. The van der Waals surface area contributed by atoms with Gasteiger partial charge in [-0.25, -0.2) is 0 Å². The third-order valence-electron chi connectivity index (χ3n) is 5.84. The van der Waals surface area contributed by atoms with Gasteiger partial charge in [0.2, 0.25) is 0 Å². The van der Waals surface area contributed by atoms with Crippen molar-refractivity contribution in [2.45, 2.75) is 51.5 Å². The van der Waals surface area contributed by atoms with Gasteiger partial charge in [-0.1, -0.05) is 12.2 Å². The Labute approximate surface area is 99.5 Å². The molecule has 0 saturated heterocycles. The van der Waals surface area contributed by atoms with Crippen LogP contribution in [0.15, 0.2) is 12.2 Å². The van der Waals surface area contributed by atoms with E-state index in [1.807, 2.05) is 0 Å². The maximum atomic E-state index is 6.59. The standard InChI is InChI=1S/C15H25N/c1-9(2)15(3,16)14-12-5-10-4-11(7-12)8-13(14)6-10/h10-14H,1,4-8,16H2,2-3H3. The zero-order chi connectivity index (χ0) is 11.5. The van der Waals surface area contributed by atoms with E-state index in [1.54, 1.807) is 0 Å². The van der Waals surface area contributed by atoms with Crippen molar-refractivity contribution < 1.29 is 0 Å². The molecule has 0 aliphatic heterocycles. The van der Waals surface area contributed by atoms with Crippen LogP contribution >= 0.6 is 0 Å². The topological polar surface area (TPSA) is 26.0 Å². The first-order valence-corrected chi connectivity index (χ1v) is 6.93. The molecule has 2 N–H and O–H groups in total. The van der Waals surface area contributed by atoms with Crippen LogP contribution in [0.3, 0.4) is 0 Å². The first kappa shape index (κ1) is 10.8. The van der Waals surface area contributed by atoms with E-state index in [4.69, 9.17) is 5.73 Å². The molecule has 4 rings (SSSR count). The van der Waals surface area contributed by atoms with Gasteiger partial charge in [0.1, 0.15) is 0 Å². The Bertz CT molecular complexity index is 287. The highest BCUT2D eigenvalue weighted by Gasteiger charge is 2.53. The molecule has 4 saturated carbocycles. The Morgan fingerprint density at radius 2 is 1.50 bits per heavy atom. The fourth-order valence-corrected chi connectivity index (χ4v) is 5.19. The second-order valence-electron chi connectivity index (χ2n) is 7.02. The second-order valence-corrected chi connectivity index (χ2v) is 7.02. The van der Waals surface area contributed by atoms with E-state index in [0.29, 0.717) is 0 Å². The summed E-state index contributed by atoms with van der Waals surface area (Å²) in [7, 11) is 0. The normalized spacial score (nSPS) is 49.1. The Morgan fingerprint density at radius 3 is 1.88 bits per heavy atom. The summed E-state index contributed by atoms with van der Waals surface area (Å²) in [6.45, 7) is 8.48. The Morgan fingerprint density at radius 1 is 1.06 bits per heavy atom. The molecule has 0 radical (unpaired) electrons. The Balaban J connectivity index is 1.89. The summed E-state index contributed by atoms with van der Waals surface area (Å²) in [6.07, 6.45) is 7.35. The molecular weight excluding hydrogens is 194 g/mol. The smallest absolute Gasteiger partial charge is 0.0368 e. The second kappa shape index (κ2) is 3.35. The average Bonchev–Trinajstić information content (AvgIpc) is 2.14. The summed E-state index contributed by atoms with van der Waals surface area (Å²) in [6, 6.07) is 0. The molecule has 0 aromatic rings. The molecule has 4 bridgehead atoms. The van der Waals surface area contributed by atoms with Gasteiger partial charge in [0, 0.05) is 5.54 Å². The van der Waals surface area contributed by atoms with Gasteiger partial charge in [-0.15, -0.1) is 0 Å². The van der Waals surface area contributed by atoms with Crippen LogP contribution in [0, 0.1) is 29.6 Å². The van der Waals surface area contributed by atoms with Gasteiger partial charge in [-0.05, 0) is 75.5 Å². The van der Waals surface area contributed by atoms with Crippen molar-refractivity contribution >= 4 is 0 Å². The highest BCUT2D eigenvalue weighted by molar-refractivity contribution is 5.18. The summed E-state index contributed by atoms with van der Waals surface area (Å²) < 4.78 is 0. The van der Waals surface area contributed by atoms with Gasteiger partial charge in [-0.2, -0.15) is 0 Å². The van der Waals surface area contributed by atoms with Crippen molar-refractivity contribution in [2.24, 2.45) is 35.3 Å². The SMILES string of the molecule is C=C(C)C(C)(N)C1C2CC3CC(C2)CC1C3. The molecule has 16 heavy (non-hydrogen) atoms. The molecule has 1 heteroatoms. The molecule has 90 valence electrons. The van der Waals surface area contributed by atoms with E-state index in [2.05, 4.69) is 20.4 Å². The van der Waals surface area contributed by atoms with Crippen molar-refractivity contribution in [3.63, 3.8) is 0 Å². The molecule has 4 aliphatic rings. The molecule has 0 heterocycles. The summed E-state index contributed by atoms with van der Waals surface area (Å²) in [5.74, 6) is 4.61. The quantitative estimate of drug-likeness (QED) is 0.708. The van der Waals surface area contributed by atoms with Crippen molar-refractivity contribution in [3.05, 3.63) is 12.2 Å². The molecule has 4 aliphatic carbocycles. The fraction of sp³-hybridized carbons (Fsp3) is 0.867. The zero-order valence-electron chi connectivity index (χ0n) is 10.7. The molecule has 0 amide bonds. The van der Waals surface area contributed by atoms with E-state index in [0.717, 1.165) is 29.6 Å². The van der Waals surface area contributed by atoms with Crippen LogP contribution in [0.1, 0.15) is 46.0 Å². The Kier molecular flexibility index (Phi) is 2.27. The summed E-state index contributed by atoms with van der Waals surface area (Å²) in [4.78, 5) is 0. The largest absolute Gasteiger partial charge is 0.322 e. The molecule has 1 unspecified atom stereocenters. The monoisotopic (exact) mass is 219 g/mol. The van der Waals surface area contributed by atoms with Gasteiger partial charge >= 0.3 is 0 Å². The third-order valence-corrected chi connectivity index (χ3v) is 5.84. The van der Waals surface area contributed by atoms with Crippen LogP contribution < -0.4 is 5.73 Å². The van der Waals surface area contributed by atoms with Crippen molar-refractivity contribution in [1.82, 2.24) is 0 Å². The lowest BCUT2D eigenvalue weighted by Gasteiger charge is -2.58. The first-order valence-electron chi connectivity index (χ1n) is 6.93. The molecule has 0 aromatic carbocycles. The van der Waals surface area contributed by atoms with Crippen molar-refractivity contribution in [1.29, 1.82) is 0 Å². The molecule has 4 fully saturated rings. The van der Waals surface area contributed by atoms with Gasteiger partial charge in [0.25, 0.3) is 0 Å². The third kappa shape index (κ3) is 1.40. The minimum absolute atomic E-state index is 0.122. The van der Waals surface area contributed by atoms with Gasteiger partial charge in [0.15, 0.2) is 0 Å². The maximum Gasteiger partial charge on any atom is 0.0368 e. The molecule has 0 spiro atoms. The minimum atomic E-state index is -0.122. The number of rotatable bonds is 2. The molecule has 1 nitrogen and oxygen atoms in total. The van der Waals surface area contributed by atoms with Gasteiger partial charge in [-0.3, -0.25) is 0 Å². The van der Waals surface area contributed by atoms with Crippen molar-refractivity contribution in [3.8, 4) is 0 Å². The van der Waals surface area contributed by atoms with Crippen LogP contribution in [0.5, 0.6) is 0 Å². The summed E-state index contributed by atoms with van der Waals surface area (Å²) >= 11 is 0. The lowest BCUT2D eigenvalue weighted by Crippen LogP contribution is -2.58. The van der Waals surface area contributed by atoms with E-state index in [-0.39, 0.29) is 5.54 Å². The van der Waals surface area contributed by atoms with Crippen LogP contribution in [-0.2, 0) is 0 Å². The van der Waals surface area contributed by atoms with Gasteiger partial charge < -0.3 is 5.73 Å². The highest BCUT2D eigenvalue weighted by Crippen LogP contribution is 2.59. The maximum absolute atomic E-state index is 6.59. The fourth-order valence-electron chi connectivity index (χ4n) is 5.19. The van der Waals surface area contributed by atoms with Crippen LogP contribution in [0.4, 0.5) is 0 Å². The van der Waals surface area contributed by atoms with E-state index in [9.17, 15) is 0 Å². The predicted molar refractivity (Wildman–Crippen MR) is 67.9 cm³/mol. The lowest BCUT2D eigenvalue weighted by molar-refractivity contribution is -0.0589. The summed E-state index contributed by atoms with van der Waals surface area (Å²) in [5.41, 5.74) is 7.65. The first-order chi connectivity index (χ1) is 7.48. The van der Waals surface area contributed by atoms with Crippen LogP contribution in [0.25, 0.3) is 0 Å². The molecular formula is C15H25N. The van der Waals surface area contributed by atoms with E-state index < -0.39 is 0 Å². The summed E-state index contributed by atoms with van der Waals surface area (Å²) in [5, 5.41) is 0. The number of nitrogens with two attached hydrogens (primary N) is 1. The van der Waals surface area contributed by atoms with Crippen LogP contribution in [-0.4, -0.2) is 5.54 Å².